The van der Waals surface area contributed by atoms with Gasteiger partial charge < -0.3 is 15.2 Å². The van der Waals surface area contributed by atoms with Crippen LogP contribution in [-0.2, 0) is 13.0 Å². The molecule has 1 unspecified atom stereocenters. The minimum Gasteiger partial charge on any atom is -0.357 e. The molecule has 0 saturated carbocycles. The van der Waals surface area contributed by atoms with Crippen LogP contribution in [0.25, 0.3) is 0 Å². The zero-order valence-corrected chi connectivity index (χ0v) is 17.7. The third-order valence-electron chi connectivity index (χ3n) is 3.55. The normalized spacial score (nSPS) is 12.5. The maximum atomic E-state index is 4.69. The summed E-state index contributed by atoms with van der Waals surface area (Å²) in [7, 11) is 0. The molecule has 8 heteroatoms. The summed E-state index contributed by atoms with van der Waals surface area (Å²) in [6, 6.07) is 4.26. The summed E-state index contributed by atoms with van der Waals surface area (Å²) in [6.07, 6.45) is 2.68. The van der Waals surface area contributed by atoms with Crippen molar-refractivity contribution < 1.29 is 0 Å². The summed E-state index contributed by atoms with van der Waals surface area (Å²) in [4.78, 5) is 6.07. The molecule has 6 nitrogen and oxygen atoms in total. The Balaban J connectivity index is 0.00000288. The molecule has 24 heavy (non-hydrogen) atoms. The molecule has 2 aromatic rings. The molecule has 0 aliphatic rings. The Labute approximate surface area is 165 Å². The standard InChI is InChI=1S/C16H26N6S.HI/c1-4-15-21-20-12-22(15)9-8-18-16(17-5-2)19-11-13(3)14-7-6-10-23-14;/h6-7,10,12-13H,4-5,8-9,11H2,1-3H3,(H2,17,18,19);1H. The molecule has 0 bridgehead atoms. The highest BCUT2D eigenvalue weighted by molar-refractivity contribution is 14.0. The van der Waals surface area contributed by atoms with E-state index in [0.29, 0.717) is 5.92 Å². The highest BCUT2D eigenvalue weighted by Crippen LogP contribution is 2.20. The average Bonchev–Trinajstić information content (AvgIpc) is 3.23. The number of rotatable bonds is 8. The van der Waals surface area contributed by atoms with Gasteiger partial charge in [0.25, 0.3) is 0 Å². The second kappa shape index (κ2) is 11.4. The van der Waals surface area contributed by atoms with Gasteiger partial charge in [-0.1, -0.05) is 19.9 Å². The number of halogens is 1. The van der Waals surface area contributed by atoms with E-state index in [1.54, 1.807) is 17.7 Å². The maximum absolute atomic E-state index is 4.69. The molecule has 0 aromatic carbocycles. The molecule has 2 N–H and O–H groups in total. The van der Waals surface area contributed by atoms with Gasteiger partial charge in [0, 0.05) is 36.9 Å². The summed E-state index contributed by atoms with van der Waals surface area (Å²) in [5, 5.41) is 16.8. The van der Waals surface area contributed by atoms with Crippen molar-refractivity contribution in [1.82, 2.24) is 25.4 Å². The number of hydrogen-bond donors (Lipinski definition) is 2. The largest absolute Gasteiger partial charge is 0.357 e. The van der Waals surface area contributed by atoms with Crippen molar-refractivity contribution >= 4 is 41.3 Å². The van der Waals surface area contributed by atoms with E-state index >= 15 is 0 Å². The Morgan fingerprint density at radius 1 is 1.38 bits per heavy atom. The lowest BCUT2D eigenvalue weighted by atomic mass is 10.1. The van der Waals surface area contributed by atoms with E-state index in [1.165, 1.54) is 4.88 Å². The molecule has 0 spiro atoms. The Kier molecular flexibility index (Phi) is 9.92. The number of guanidine groups is 1. The minimum absolute atomic E-state index is 0. The average molecular weight is 462 g/mol. The minimum atomic E-state index is 0. The van der Waals surface area contributed by atoms with Gasteiger partial charge in [-0.05, 0) is 18.4 Å². The third-order valence-corrected chi connectivity index (χ3v) is 4.66. The first-order valence-electron chi connectivity index (χ1n) is 8.16. The van der Waals surface area contributed by atoms with Crippen LogP contribution in [0.5, 0.6) is 0 Å². The predicted octanol–water partition coefficient (Wildman–Crippen LogP) is 2.88. The molecule has 134 valence electrons. The van der Waals surface area contributed by atoms with E-state index in [-0.39, 0.29) is 24.0 Å². The molecule has 2 aromatic heterocycles. The highest BCUT2D eigenvalue weighted by atomic mass is 127. The van der Waals surface area contributed by atoms with E-state index in [9.17, 15) is 0 Å². The summed E-state index contributed by atoms with van der Waals surface area (Å²) < 4.78 is 2.07. The fraction of sp³-hybridized carbons (Fsp3) is 0.562. The van der Waals surface area contributed by atoms with Crippen molar-refractivity contribution in [2.45, 2.75) is 39.7 Å². The van der Waals surface area contributed by atoms with Gasteiger partial charge in [0.1, 0.15) is 12.2 Å². The Morgan fingerprint density at radius 2 is 2.21 bits per heavy atom. The van der Waals surface area contributed by atoms with Crippen molar-refractivity contribution in [1.29, 1.82) is 0 Å². The van der Waals surface area contributed by atoms with Gasteiger partial charge in [0.2, 0.25) is 0 Å². The molecule has 2 rings (SSSR count). The number of thiophene rings is 1. The number of aromatic nitrogens is 3. The van der Waals surface area contributed by atoms with Crippen molar-refractivity contribution in [3.8, 4) is 0 Å². The molecule has 2 heterocycles. The van der Waals surface area contributed by atoms with Crippen molar-refractivity contribution in [2.75, 3.05) is 19.6 Å². The van der Waals surface area contributed by atoms with Gasteiger partial charge in [0.15, 0.2) is 5.96 Å². The zero-order chi connectivity index (χ0) is 16.5. The summed E-state index contributed by atoms with van der Waals surface area (Å²) >= 11 is 1.79. The molecule has 0 amide bonds. The molecule has 0 radical (unpaired) electrons. The summed E-state index contributed by atoms with van der Waals surface area (Å²) in [5.41, 5.74) is 0. The Hall–Kier alpha value is -1.16. The number of nitrogens with zero attached hydrogens (tertiary/aromatic N) is 4. The number of aliphatic imine (C=N–C) groups is 1. The van der Waals surface area contributed by atoms with E-state index in [1.807, 2.05) is 0 Å². The van der Waals surface area contributed by atoms with Gasteiger partial charge in [0.05, 0.1) is 6.54 Å². The zero-order valence-electron chi connectivity index (χ0n) is 14.5. The Morgan fingerprint density at radius 3 is 2.88 bits per heavy atom. The van der Waals surface area contributed by atoms with Gasteiger partial charge >= 0.3 is 0 Å². The van der Waals surface area contributed by atoms with Crippen LogP contribution in [0.15, 0.2) is 28.8 Å². The molecule has 0 aliphatic carbocycles. The van der Waals surface area contributed by atoms with Crippen LogP contribution in [-0.4, -0.2) is 40.4 Å². The van der Waals surface area contributed by atoms with Crippen LogP contribution in [0.1, 0.15) is 37.4 Å². The fourth-order valence-electron chi connectivity index (χ4n) is 2.27. The summed E-state index contributed by atoms with van der Waals surface area (Å²) in [5.74, 6) is 2.32. The lowest BCUT2D eigenvalue weighted by Crippen LogP contribution is -2.39. The van der Waals surface area contributed by atoms with E-state index in [4.69, 9.17) is 4.99 Å². The smallest absolute Gasteiger partial charge is 0.191 e. The Bertz CT molecular complexity index is 595. The predicted molar refractivity (Wildman–Crippen MR) is 112 cm³/mol. The van der Waals surface area contributed by atoms with Crippen LogP contribution in [0.3, 0.4) is 0 Å². The van der Waals surface area contributed by atoms with Gasteiger partial charge in [-0.2, -0.15) is 0 Å². The quantitative estimate of drug-likeness (QED) is 0.360. The topological polar surface area (TPSA) is 67.1 Å². The summed E-state index contributed by atoms with van der Waals surface area (Å²) in [6.45, 7) is 9.64. The first-order chi connectivity index (χ1) is 11.2. The van der Waals surface area contributed by atoms with Crippen LogP contribution >= 0.6 is 35.3 Å². The first-order valence-corrected chi connectivity index (χ1v) is 9.04. The monoisotopic (exact) mass is 462 g/mol. The molecule has 0 aliphatic heterocycles. The molecule has 1 atom stereocenters. The maximum Gasteiger partial charge on any atom is 0.191 e. The van der Waals surface area contributed by atoms with Gasteiger partial charge in [-0.3, -0.25) is 4.99 Å². The first kappa shape index (κ1) is 20.9. The SMILES string of the molecule is CCNC(=NCC(C)c1cccs1)NCCn1cnnc1CC.I. The van der Waals surface area contributed by atoms with Gasteiger partial charge in [-0.15, -0.1) is 45.5 Å². The van der Waals surface area contributed by atoms with Crippen molar-refractivity contribution in [3.05, 3.63) is 34.5 Å². The van der Waals surface area contributed by atoms with Crippen LogP contribution in [0.2, 0.25) is 0 Å². The molecular weight excluding hydrogens is 435 g/mol. The van der Waals surface area contributed by atoms with Crippen molar-refractivity contribution in [3.63, 3.8) is 0 Å². The second-order valence-corrected chi connectivity index (χ2v) is 6.34. The second-order valence-electron chi connectivity index (χ2n) is 5.36. The van der Waals surface area contributed by atoms with Crippen LogP contribution in [0.4, 0.5) is 0 Å². The molecule has 0 fully saturated rings. The van der Waals surface area contributed by atoms with Crippen LogP contribution in [0, 0.1) is 0 Å². The number of nitrogens with one attached hydrogen (secondary N) is 2. The number of aryl methyl sites for hydroxylation is 1. The van der Waals surface area contributed by atoms with E-state index in [2.05, 4.69) is 63.7 Å². The molecule has 0 saturated heterocycles. The van der Waals surface area contributed by atoms with E-state index in [0.717, 1.165) is 44.4 Å². The van der Waals surface area contributed by atoms with Crippen LogP contribution < -0.4 is 10.6 Å². The van der Waals surface area contributed by atoms with Gasteiger partial charge in [-0.25, -0.2) is 0 Å². The van der Waals surface area contributed by atoms with E-state index < -0.39 is 0 Å². The lowest BCUT2D eigenvalue weighted by molar-refractivity contribution is 0.631. The lowest BCUT2D eigenvalue weighted by Gasteiger charge is -2.13. The highest BCUT2D eigenvalue weighted by Gasteiger charge is 2.07. The molecular formula is C16H27IN6S. The fourth-order valence-corrected chi connectivity index (χ4v) is 3.04. The number of hydrogen-bond acceptors (Lipinski definition) is 4. The van der Waals surface area contributed by atoms with Crippen molar-refractivity contribution in [2.24, 2.45) is 4.99 Å². The third kappa shape index (κ3) is 6.39.